The smallest absolute Gasteiger partial charge is 0.196 e. The molecule has 1 aliphatic carbocycles. The first-order valence-electron chi connectivity index (χ1n) is 6.39. The number of likely N-dealkylation sites (N-methyl/N-ethyl adjacent to an activating group) is 2. The lowest BCUT2D eigenvalue weighted by atomic mass is 9.65. The molecule has 0 amide bonds. The summed E-state index contributed by atoms with van der Waals surface area (Å²) in [6.07, 6.45) is 5.31. The van der Waals surface area contributed by atoms with Crippen molar-refractivity contribution in [1.82, 2.24) is 9.80 Å². The van der Waals surface area contributed by atoms with Crippen LogP contribution in [-0.2, 0) is 0 Å². The summed E-state index contributed by atoms with van der Waals surface area (Å²) in [5.74, 6) is 1.16. The van der Waals surface area contributed by atoms with Gasteiger partial charge in [-0.05, 0) is 12.8 Å². The van der Waals surface area contributed by atoms with E-state index in [4.69, 9.17) is 0 Å². The van der Waals surface area contributed by atoms with Crippen LogP contribution in [0.4, 0.5) is 0 Å². The summed E-state index contributed by atoms with van der Waals surface area (Å²) in [5.41, 5.74) is 0. The molecule has 2 unspecified atom stereocenters. The van der Waals surface area contributed by atoms with Crippen LogP contribution in [0.15, 0.2) is 4.99 Å². The van der Waals surface area contributed by atoms with E-state index in [9.17, 15) is 0 Å². The lowest BCUT2D eigenvalue weighted by molar-refractivity contribution is 0.280. The number of guanidine groups is 1. The molecule has 0 bridgehead atoms. The Hall–Kier alpha value is -0.665. The van der Waals surface area contributed by atoms with Crippen molar-refractivity contribution >= 4 is 13.8 Å². The first kappa shape index (κ1) is 11.8. The molecule has 16 heavy (non-hydrogen) atoms. The van der Waals surface area contributed by atoms with E-state index in [-0.39, 0.29) is 0 Å². The fraction of sp³-hybridized carbons (Fsp3) is 0.917. The van der Waals surface area contributed by atoms with Gasteiger partial charge in [0.15, 0.2) is 5.96 Å². The van der Waals surface area contributed by atoms with E-state index in [1.54, 1.807) is 0 Å². The van der Waals surface area contributed by atoms with Crippen molar-refractivity contribution in [1.29, 1.82) is 0 Å². The molecule has 0 aromatic heterocycles. The highest BCUT2D eigenvalue weighted by Gasteiger charge is 2.43. The Morgan fingerprint density at radius 2 is 1.94 bits per heavy atom. The van der Waals surface area contributed by atoms with Crippen LogP contribution in [0.25, 0.3) is 0 Å². The predicted molar refractivity (Wildman–Crippen MR) is 71.8 cm³/mol. The zero-order chi connectivity index (χ0) is 11.9. The maximum atomic E-state index is 4.42. The normalized spacial score (nSPS) is 42.4. The number of hydrogen-bond donors (Lipinski definition) is 0. The van der Waals surface area contributed by atoms with Gasteiger partial charge in [0.25, 0.3) is 0 Å². The van der Waals surface area contributed by atoms with Gasteiger partial charge in [-0.2, -0.15) is 0 Å². The summed E-state index contributed by atoms with van der Waals surface area (Å²) in [5, 5.41) is 0.484. The quantitative estimate of drug-likeness (QED) is 0.568. The molecule has 1 saturated heterocycles. The van der Waals surface area contributed by atoms with Gasteiger partial charge in [0.1, 0.15) is 7.85 Å². The zero-order valence-corrected chi connectivity index (χ0v) is 11.3. The van der Waals surface area contributed by atoms with Crippen molar-refractivity contribution in [2.24, 2.45) is 4.99 Å². The first-order chi connectivity index (χ1) is 7.46. The average molecular weight is 221 g/mol. The van der Waals surface area contributed by atoms with E-state index in [0.717, 1.165) is 5.96 Å². The Morgan fingerprint density at radius 1 is 1.31 bits per heavy atom. The van der Waals surface area contributed by atoms with Crippen LogP contribution in [0.5, 0.6) is 0 Å². The summed E-state index contributed by atoms with van der Waals surface area (Å²) in [7, 11) is 8.70. The minimum absolute atomic E-state index is 0.484. The summed E-state index contributed by atoms with van der Waals surface area (Å²) in [4.78, 5) is 9.19. The Balaban J connectivity index is 2.26. The molecule has 1 aliphatic heterocycles. The molecule has 90 valence electrons. The van der Waals surface area contributed by atoms with Gasteiger partial charge in [-0.1, -0.05) is 25.1 Å². The minimum atomic E-state index is 0.484. The molecule has 2 rings (SSSR count). The zero-order valence-electron chi connectivity index (χ0n) is 11.3. The molecule has 1 heterocycles. The van der Waals surface area contributed by atoms with Crippen LogP contribution in [-0.4, -0.2) is 56.8 Å². The second-order valence-electron chi connectivity index (χ2n) is 6.14. The van der Waals surface area contributed by atoms with Crippen molar-refractivity contribution in [2.75, 3.05) is 21.1 Å². The summed E-state index contributed by atoms with van der Waals surface area (Å²) in [6.45, 7) is 2.41. The SMILES string of the molecule is B[C@]1(C)CCCC2C(C1)N(C)/C(=N\C)N2C. The molecule has 0 aromatic rings. The van der Waals surface area contributed by atoms with Crippen LogP contribution < -0.4 is 0 Å². The average Bonchev–Trinajstić information content (AvgIpc) is 2.37. The molecule has 0 aromatic carbocycles. The van der Waals surface area contributed by atoms with Gasteiger partial charge in [0.05, 0.1) is 12.1 Å². The van der Waals surface area contributed by atoms with Crippen molar-refractivity contribution in [3.63, 3.8) is 0 Å². The lowest BCUT2D eigenvalue weighted by Crippen LogP contribution is -2.35. The van der Waals surface area contributed by atoms with E-state index < -0.39 is 0 Å². The minimum Gasteiger partial charge on any atom is -0.341 e. The van der Waals surface area contributed by atoms with Gasteiger partial charge in [-0.25, -0.2) is 0 Å². The standard InChI is InChI=1S/C12H24BN3/c1-12(13)7-5-6-9-10(8-12)16(4)11(14-2)15(9)3/h9-10H,5-8,13H2,1-4H3/b14-11-/t9?,10?,12-/m1/s1. The maximum Gasteiger partial charge on any atom is 0.196 e. The van der Waals surface area contributed by atoms with Crippen LogP contribution in [0, 0.1) is 0 Å². The van der Waals surface area contributed by atoms with Gasteiger partial charge >= 0.3 is 0 Å². The summed E-state index contributed by atoms with van der Waals surface area (Å²) >= 11 is 0. The second kappa shape index (κ2) is 3.97. The van der Waals surface area contributed by atoms with E-state index in [1.165, 1.54) is 25.7 Å². The largest absolute Gasteiger partial charge is 0.341 e. The summed E-state index contributed by atoms with van der Waals surface area (Å²) in [6, 6.07) is 1.33. The topological polar surface area (TPSA) is 18.8 Å². The van der Waals surface area contributed by atoms with E-state index in [1.807, 2.05) is 7.05 Å². The predicted octanol–water partition coefficient (Wildman–Crippen LogP) is 0.972. The van der Waals surface area contributed by atoms with Gasteiger partial charge in [0, 0.05) is 21.1 Å². The van der Waals surface area contributed by atoms with Crippen LogP contribution in [0.1, 0.15) is 32.6 Å². The van der Waals surface area contributed by atoms with E-state index in [0.29, 0.717) is 17.4 Å². The van der Waals surface area contributed by atoms with Crippen molar-refractivity contribution < 1.29 is 0 Å². The monoisotopic (exact) mass is 221 g/mol. The first-order valence-corrected chi connectivity index (χ1v) is 6.39. The van der Waals surface area contributed by atoms with Crippen molar-refractivity contribution in [3.05, 3.63) is 0 Å². The van der Waals surface area contributed by atoms with Crippen LogP contribution >= 0.6 is 0 Å². The lowest BCUT2D eigenvalue weighted by Gasteiger charge is -2.30. The highest BCUT2D eigenvalue weighted by molar-refractivity contribution is 6.14. The number of nitrogens with zero attached hydrogens (tertiary/aromatic N) is 3. The molecule has 0 spiro atoms. The molecule has 2 fully saturated rings. The second-order valence-corrected chi connectivity index (χ2v) is 6.14. The van der Waals surface area contributed by atoms with E-state index >= 15 is 0 Å². The Bertz CT molecular complexity index is 301. The maximum absolute atomic E-state index is 4.42. The Labute approximate surface area is 100 Å². The highest BCUT2D eigenvalue weighted by Crippen LogP contribution is 2.42. The molecule has 2 aliphatic rings. The molecule has 3 atom stereocenters. The van der Waals surface area contributed by atoms with Gasteiger partial charge in [-0.3, -0.25) is 4.99 Å². The number of rotatable bonds is 0. The van der Waals surface area contributed by atoms with Gasteiger partial charge in [0.2, 0.25) is 0 Å². The number of aliphatic imine (C=N–C) groups is 1. The molecular formula is C12H24BN3. The molecule has 4 heteroatoms. The van der Waals surface area contributed by atoms with Crippen molar-refractivity contribution in [2.45, 2.75) is 50.0 Å². The summed E-state index contributed by atoms with van der Waals surface area (Å²) < 4.78 is 0. The number of fused-ring (bicyclic) bond motifs is 1. The molecule has 1 saturated carbocycles. The molecule has 0 radical (unpaired) electrons. The van der Waals surface area contributed by atoms with E-state index in [2.05, 4.69) is 43.7 Å². The third kappa shape index (κ3) is 1.83. The Morgan fingerprint density at radius 3 is 2.56 bits per heavy atom. The van der Waals surface area contributed by atoms with Crippen LogP contribution in [0.3, 0.4) is 0 Å². The molecule has 3 nitrogen and oxygen atoms in total. The van der Waals surface area contributed by atoms with Crippen molar-refractivity contribution in [3.8, 4) is 0 Å². The number of hydrogen-bond acceptors (Lipinski definition) is 1. The van der Waals surface area contributed by atoms with Gasteiger partial charge in [-0.15, -0.1) is 0 Å². The third-order valence-electron chi connectivity index (χ3n) is 4.39. The molecular weight excluding hydrogens is 197 g/mol. The fourth-order valence-corrected chi connectivity index (χ4v) is 3.49. The van der Waals surface area contributed by atoms with Crippen LogP contribution in [0.2, 0.25) is 5.31 Å². The molecule has 0 N–H and O–H groups in total. The fourth-order valence-electron chi connectivity index (χ4n) is 3.49. The third-order valence-corrected chi connectivity index (χ3v) is 4.39. The van der Waals surface area contributed by atoms with Gasteiger partial charge < -0.3 is 9.80 Å². The Kier molecular flexibility index (Phi) is 2.93. The highest BCUT2D eigenvalue weighted by atomic mass is 15.4.